The van der Waals surface area contributed by atoms with Crippen molar-refractivity contribution in [3.63, 3.8) is 0 Å². The maximum absolute atomic E-state index is 12.5. The van der Waals surface area contributed by atoms with Gasteiger partial charge in [-0.05, 0) is 86.8 Å². The van der Waals surface area contributed by atoms with Crippen molar-refractivity contribution < 1.29 is 9.53 Å². The molecule has 6 aromatic carbocycles. The van der Waals surface area contributed by atoms with Crippen LogP contribution >= 0.6 is 0 Å². The highest BCUT2D eigenvalue weighted by atomic mass is 16.5. The quantitative estimate of drug-likeness (QED) is 0.0608. The van der Waals surface area contributed by atoms with Crippen LogP contribution in [0.5, 0.6) is 0 Å². The van der Waals surface area contributed by atoms with E-state index in [-0.39, 0.29) is 12.4 Å². The first-order chi connectivity index (χ1) is 26.8. The number of hydrogen-bond donors (Lipinski definition) is 1. The summed E-state index contributed by atoms with van der Waals surface area (Å²) in [6.07, 6.45) is 5.32. The van der Waals surface area contributed by atoms with Crippen molar-refractivity contribution in [1.82, 2.24) is 0 Å². The molecule has 55 heavy (non-hydrogen) atoms. The first kappa shape index (κ1) is 38.3. The molecule has 0 aromatic heterocycles. The molecule has 0 heterocycles. The van der Waals surface area contributed by atoms with E-state index >= 15 is 0 Å². The van der Waals surface area contributed by atoms with Crippen molar-refractivity contribution in [3.05, 3.63) is 139 Å². The van der Waals surface area contributed by atoms with Gasteiger partial charge < -0.3 is 10.1 Å². The van der Waals surface area contributed by atoms with Crippen LogP contribution in [0.2, 0.25) is 0 Å². The second-order valence-corrected chi connectivity index (χ2v) is 13.2. The average Bonchev–Trinajstić information content (AvgIpc) is 3.22. The molecule has 0 bridgehead atoms. The Labute approximate surface area is 322 Å². The normalized spacial score (nSPS) is 12.3. The van der Waals surface area contributed by atoms with Gasteiger partial charge in [-0.3, -0.25) is 4.79 Å². The van der Waals surface area contributed by atoms with E-state index in [0.29, 0.717) is 41.0 Å². The standard InChI is InChI=1S/C46H45N7O2/c1-7-27-55-29-46(54)32-19-20-39(30(5)28-32)48-49-41-23-24-42(34(10-4)33(41)9-3)50-51-44-25-26-45(38-18-14-13-17-37(38)44)53-52-43-22-21-40(47-31(6)8-2)35-15-11-12-16-36(35)43/h9-26,28,31,47H,3-4,7-8,27,29H2,1-2,5-6H3. The van der Waals surface area contributed by atoms with Crippen LogP contribution in [-0.2, 0) is 4.74 Å². The van der Waals surface area contributed by atoms with Crippen molar-refractivity contribution in [1.29, 1.82) is 0 Å². The van der Waals surface area contributed by atoms with Crippen LogP contribution in [0.3, 0.4) is 0 Å². The van der Waals surface area contributed by atoms with E-state index in [1.807, 2.05) is 86.6 Å². The van der Waals surface area contributed by atoms with Gasteiger partial charge in [0.1, 0.15) is 6.61 Å². The molecule has 1 atom stereocenters. The first-order valence-electron chi connectivity index (χ1n) is 18.5. The minimum atomic E-state index is -0.0652. The van der Waals surface area contributed by atoms with Crippen molar-refractivity contribution in [2.45, 2.75) is 46.6 Å². The number of hydrogen-bond acceptors (Lipinski definition) is 9. The third kappa shape index (κ3) is 8.86. The van der Waals surface area contributed by atoms with Gasteiger partial charge in [0, 0.05) is 56.6 Å². The zero-order valence-electron chi connectivity index (χ0n) is 31.8. The van der Waals surface area contributed by atoms with Gasteiger partial charge in [0.25, 0.3) is 0 Å². The predicted molar refractivity (Wildman–Crippen MR) is 227 cm³/mol. The Morgan fingerprint density at radius 2 is 1.11 bits per heavy atom. The number of anilines is 1. The molecule has 0 saturated carbocycles. The van der Waals surface area contributed by atoms with Crippen LogP contribution in [0, 0.1) is 6.92 Å². The second-order valence-electron chi connectivity index (χ2n) is 13.2. The molecule has 0 saturated heterocycles. The second kappa shape index (κ2) is 18.1. The summed E-state index contributed by atoms with van der Waals surface area (Å²) in [5, 5.41) is 35.4. The predicted octanol–water partition coefficient (Wildman–Crippen LogP) is 14.7. The lowest BCUT2D eigenvalue weighted by Gasteiger charge is -2.15. The SMILES string of the molecule is C=Cc1c(N=Nc2ccc(C(=O)COCCC)cc2C)ccc(N=Nc2ccc(N=Nc3ccc(NC(C)CC)c4ccccc34)c3ccccc23)c1C=C. The Morgan fingerprint density at radius 1 is 0.655 bits per heavy atom. The highest BCUT2D eigenvalue weighted by Gasteiger charge is 2.13. The number of Topliss-reactive ketones (excluding diaryl/α,β-unsaturated/α-hetero) is 1. The zero-order valence-corrected chi connectivity index (χ0v) is 31.8. The number of aryl methyl sites for hydroxylation is 1. The van der Waals surface area contributed by atoms with Gasteiger partial charge in [-0.15, -0.1) is 25.6 Å². The maximum Gasteiger partial charge on any atom is 0.188 e. The molecule has 0 aliphatic rings. The number of rotatable bonds is 16. The monoisotopic (exact) mass is 727 g/mol. The third-order valence-electron chi connectivity index (χ3n) is 9.34. The van der Waals surface area contributed by atoms with Crippen LogP contribution in [0.4, 0.5) is 39.8 Å². The molecule has 0 radical (unpaired) electrons. The molecule has 276 valence electrons. The van der Waals surface area contributed by atoms with Crippen molar-refractivity contribution in [3.8, 4) is 0 Å². The summed E-state index contributed by atoms with van der Waals surface area (Å²) in [6, 6.07) is 33.5. The summed E-state index contributed by atoms with van der Waals surface area (Å²) < 4.78 is 5.41. The Bertz CT molecular complexity index is 2470. The summed E-state index contributed by atoms with van der Waals surface area (Å²) in [6.45, 7) is 16.9. The van der Waals surface area contributed by atoms with E-state index in [4.69, 9.17) is 15.0 Å². The van der Waals surface area contributed by atoms with Crippen LogP contribution < -0.4 is 5.32 Å². The summed E-state index contributed by atoms with van der Waals surface area (Å²) in [5.74, 6) is -0.0652. The number of nitrogens with zero attached hydrogens (tertiary/aromatic N) is 6. The lowest BCUT2D eigenvalue weighted by molar-refractivity contribution is 0.0761. The van der Waals surface area contributed by atoms with E-state index in [1.165, 1.54) is 0 Å². The van der Waals surface area contributed by atoms with Gasteiger partial charge in [-0.1, -0.05) is 87.7 Å². The van der Waals surface area contributed by atoms with Crippen LogP contribution in [0.15, 0.2) is 147 Å². The molecule has 0 aliphatic heterocycles. The van der Waals surface area contributed by atoms with E-state index in [1.54, 1.807) is 24.3 Å². The van der Waals surface area contributed by atoms with Gasteiger partial charge >= 0.3 is 0 Å². The molecule has 6 aromatic rings. The number of fused-ring (bicyclic) bond motifs is 2. The number of azo groups is 3. The summed E-state index contributed by atoms with van der Waals surface area (Å²) in [4.78, 5) is 12.5. The van der Waals surface area contributed by atoms with Crippen molar-refractivity contribution in [2.24, 2.45) is 30.7 Å². The smallest absolute Gasteiger partial charge is 0.188 e. The number of ether oxygens (including phenoxy) is 1. The fraction of sp³-hybridized carbons (Fsp3) is 0.196. The van der Waals surface area contributed by atoms with Gasteiger partial charge in [0.2, 0.25) is 0 Å². The van der Waals surface area contributed by atoms with Crippen LogP contribution in [-0.4, -0.2) is 25.0 Å². The zero-order chi connectivity index (χ0) is 38.7. The molecule has 9 heteroatoms. The average molecular weight is 728 g/mol. The molecule has 0 amide bonds. The highest BCUT2D eigenvalue weighted by molar-refractivity contribution is 6.02. The fourth-order valence-corrected chi connectivity index (χ4v) is 6.18. The summed E-state index contributed by atoms with van der Waals surface area (Å²) >= 11 is 0. The Kier molecular flexibility index (Phi) is 12.6. The highest BCUT2D eigenvalue weighted by Crippen LogP contribution is 2.39. The molecule has 0 fully saturated rings. The first-order valence-corrected chi connectivity index (χ1v) is 18.5. The lowest BCUT2D eigenvalue weighted by Crippen LogP contribution is -2.13. The molecule has 6 rings (SSSR count). The van der Waals surface area contributed by atoms with Gasteiger partial charge in [0.15, 0.2) is 5.78 Å². The topological polar surface area (TPSA) is 112 Å². The number of nitrogens with one attached hydrogen (secondary N) is 1. The number of benzene rings is 6. The number of carbonyl (C=O) groups excluding carboxylic acids is 1. The molecule has 1 unspecified atom stereocenters. The molecular formula is C46H45N7O2. The van der Waals surface area contributed by atoms with E-state index in [2.05, 4.69) is 71.0 Å². The summed E-state index contributed by atoms with van der Waals surface area (Å²) in [7, 11) is 0. The van der Waals surface area contributed by atoms with Crippen molar-refractivity contribution in [2.75, 3.05) is 18.5 Å². The van der Waals surface area contributed by atoms with Crippen molar-refractivity contribution >= 4 is 79.3 Å². The minimum Gasteiger partial charge on any atom is -0.382 e. The maximum atomic E-state index is 12.5. The number of ketones is 1. The van der Waals surface area contributed by atoms with Gasteiger partial charge in [0.05, 0.1) is 34.1 Å². The van der Waals surface area contributed by atoms with Crippen LogP contribution in [0.1, 0.15) is 60.7 Å². The van der Waals surface area contributed by atoms with E-state index < -0.39 is 0 Å². The van der Waals surface area contributed by atoms with Gasteiger partial charge in [-0.2, -0.15) is 5.11 Å². The van der Waals surface area contributed by atoms with E-state index in [0.717, 1.165) is 68.1 Å². The molecular weight excluding hydrogens is 683 g/mol. The third-order valence-corrected chi connectivity index (χ3v) is 9.34. The lowest BCUT2D eigenvalue weighted by atomic mass is 10.0. The molecule has 0 spiro atoms. The number of carbonyl (C=O) groups is 1. The summed E-state index contributed by atoms with van der Waals surface area (Å²) in [5.41, 5.74) is 8.04. The molecule has 9 nitrogen and oxygen atoms in total. The van der Waals surface area contributed by atoms with Crippen LogP contribution in [0.25, 0.3) is 33.7 Å². The van der Waals surface area contributed by atoms with Gasteiger partial charge in [-0.25, -0.2) is 0 Å². The fourth-order valence-electron chi connectivity index (χ4n) is 6.18. The largest absolute Gasteiger partial charge is 0.382 e. The molecule has 1 N–H and O–H groups in total. The minimum absolute atomic E-state index is 0.0584. The van der Waals surface area contributed by atoms with E-state index in [9.17, 15) is 4.79 Å². The Hall–Kier alpha value is -6.45. The molecule has 0 aliphatic carbocycles. The Balaban J connectivity index is 1.25. The Morgan fingerprint density at radius 3 is 1.62 bits per heavy atom.